The van der Waals surface area contributed by atoms with Crippen LogP contribution in [0.5, 0.6) is 0 Å². The van der Waals surface area contributed by atoms with Gasteiger partial charge in [-0.3, -0.25) is 9.10 Å². The topological polar surface area (TPSA) is 74.7 Å². The summed E-state index contributed by atoms with van der Waals surface area (Å²) in [6.07, 6.45) is 0.989. The van der Waals surface area contributed by atoms with Crippen LogP contribution in [-0.4, -0.2) is 32.3 Å². The third-order valence-electron chi connectivity index (χ3n) is 2.34. The van der Waals surface area contributed by atoms with Gasteiger partial charge in [0.15, 0.2) is 0 Å². The molecule has 8 heteroatoms. The second-order valence-electron chi connectivity index (χ2n) is 3.93. The van der Waals surface area contributed by atoms with Gasteiger partial charge in [0.25, 0.3) is 0 Å². The van der Waals surface area contributed by atoms with Crippen LogP contribution in [0.15, 0.2) is 18.2 Å². The van der Waals surface area contributed by atoms with Crippen molar-refractivity contribution in [2.75, 3.05) is 17.1 Å². The van der Waals surface area contributed by atoms with Crippen molar-refractivity contribution in [3.8, 4) is 0 Å². The molecule has 0 amide bonds. The summed E-state index contributed by atoms with van der Waals surface area (Å²) >= 11 is 5.60. The maximum atomic E-state index is 13.0. The van der Waals surface area contributed by atoms with Gasteiger partial charge in [-0.25, -0.2) is 12.8 Å². The van der Waals surface area contributed by atoms with Gasteiger partial charge in [-0.1, -0.05) is 11.6 Å². The Bertz CT molecular complexity index is 576. The summed E-state index contributed by atoms with van der Waals surface area (Å²) in [6.45, 7) is -0.00685. The number of aliphatic carboxylic acids is 1. The molecule has 0 aromatic heterocycles. The number of carbonyl (C=O) groups is 1. The van der Waals surface area contributed by atoms with Crippen molar-refractivity contribution in [3.05, 3.63) is 29.0 Å². The number of benzene rings is 1. The molecule has 0 bridgehead atoms. The lowest BCUT2D eigenvalue weighted by Gasteiger charge is -2.22. The number of sulfonamides is 1. The quantitative estimate of drug-likeness (QED) is 0.873. The van der Waals surface area contributed by atoms with Crippen molar-refractivity contribution in [2.24, 2.45) is 0 Å². The molecule has 0 radical (unpaired) electrons. The molecule has 0 saturated carbocycles. The highest BCUT2D eigenvalue weighted by atomic mass is 35.5. The van der Waals surface area contributed by atoms with E-state index in [-0.39, 0.29) is 30.1 Å². The molecule has 0 aliphatic carbocycles. The predicted octanol–water partition coefficient (Wildman–Crippen LogP) is 2.11. The SMILES string of the molecule is CS(=O)(=O)N(CCCC(=O)O)c1ccc(F)c(Cl)c1. The number of halogens is 2. The Morgan fingerprint density at radius 3 is 2.58 bits per heavy atom. The van der Waals surface area contributed by atoms with E-state index in [0.717, 1.165) is 16.6 Å². The lowest BCUT2D eigenvalue weighted by atomic mass is 10.2. The van der Waals surface area contributed by atoms with Crippen LogP contribution in [0.4, 0.5) is 10.1 Å². The van der Waals surface area contributed by atoms with Gasteiger partial charge in [-0.15, -0.1) is 0 Å². The predicted molar refractivity (Wildman–Crippen MR) is 70.5 cm³/mol. The summed E-state index contributed by atoms with van der Waals surface area (Å²) in [5.41, 5.74) is 0.208. The third-order valence-corrected chi connectivity index (χ3v) is 3.83. The zero-order chi connectivity index (χ0) is 14.6. The fourth-order valence-corrected chi connectivity index (χ4v) is 2.63. The third kappa shape index (κ3) is 4.68. The van der Waals surface area contributed by atoms with E-state index in [9.17, 15) is 17.6 Å². The van der Waals surface area contributed by atoms with Gasteiger partial charge >= 0.3 is 5.97 Å². The number of rotatable bonds is 6. The Morgan fingerprint density at radius 1 is 1.47 bits per heavy atom. The van der Waals surface area contributed by atoms with E-state index in [0.29, 0.717) is 0 Å². The number of carboxylic acid groups (broad SMARTS) is 1. The first kappa shape index (κ1) is 15.7. The summed E-state index contributed by atoms with van der Waals surface area (Å²) in [4.78, 5) is 10.4. The highest BCUT2D eigenvalue weighted by Crippen LogP contribution is 2.24. The van der Waals surface area contributed by atoms with Crippen molar-refractivity contribution in [3.63, 3.8) is 0 Å². The molecule has 0 spiro atoms. The highest BCUT2D eigenvalue weighted by Gasteiger charge is 2.18. The Labute approximate surface area is 115 Å². The number of hydrogen-bond acceptors (Lipinski definition) is 3. The van der Waals surface area contributed by atoms with Crippen molar-refractivity contribution < 1.29 is 22.7 Å². The van der Waals surface area contributed by atoms with Crippen LogP contribution >= 0.6 is 11.6 Å². The molecule has 0 aliphatic rings. The zero-order valence-electron chi connectivity index (χ0n) is 10.1. The van der Waals surface area contributed by atoms with Crippen LogP contribution in [0.1, 0.15) is 12.8 Å². The Balaban J connectivity index is 2.97. The van der Waals surface area contributed by atoms with Crippen LogP contribution in [0, 0.1) is 5.82 Å². The number of hydrogen-bond donors (Lipinski definition) is 1. The second-order valence-corrected chi connectivity index (χ2v) is 6.24. The fraction of sp³-hybridized carbons (Fsp3) is 0.364. The highest BCUT2D eigenvalue weighted by molar-refractivity contribution is 7.92. The van der Waals surface area contributed by atoms with Gasteiger partial charge < -0.3 is 5.11 Å². The van der Waals surface area contributed by atoms with E-state index in [1.54, 1.807) is 0 Å². The van der Waals surface area contributed by atoms with E-state index in [2.05, 4.69) is 0 Å². The molecule has 1 N–H and O–H groups in total. The summed E-state index contributed by atoms with van der Waals surface area (Å²) < 4.78 is 37.3. The minimum absolute atomic E-state index is 0.00685. The van der Waals surface area contributed by atoms with Crippen LogP contribution < -0.4 is 4.31 Å². The molecule has 0 aliphatic heterocycles. The van der Waals surface area contributed by atoms with Crippen LogP contribution in [0.3, 0.4) is 0 Å². The smallest absolute Gasteiger partial charge is 0.303 e. The van der Waals surface area contributed by atoms with Gasteiger partial charge in [0, 0.05) is 13.0 Å². The van der Waals surface area contributed by atoms with Crippen LogP contribution in [-0.2, 0) is 14.8 Å². The van der Waals surface area contributed by atoms with Crippen molar-refractivity contribution in [2.45, 2.75) is 12.8 Å². The summed E-state index contributed by atoms with van der Waals surface area (Å²) in [5, 5.41) is 8.35. The molecule has 106 valence electrons. The molecule has 19 heavy (non-hydrogen) atoms. The summed E-state index contributed by atoms with van der Waals surface area (Å²) in [7, 11) is -3.59. The first-order valence-electron chi connectivity index (χ1n) is 5.36. The molecule has 0 heterocycles. The monoisotopic (exact) mass is 309 g/mol. The van der Waals surface area contributed by atoms with Crippen LogP contribution in [0.2, 0.25) is 5.02 Å². The molecule has 0 atom stereocenters. The molecule has 0 unspecified atom stereocenters. The average Bonchev–Trinajstić information content (AvgIpc) is 2.26. The van der Waals surface area contributed by atoms with Crippen molar-refractivity contribution >= 4 is 33.3 Å². The normalized spacial score (nSPS) is 11.3. The summed E-state index contributed by atoms with van der Waals surface area (Å²) in [6, 6.07) is 3.54. The fourth-order valence-electron chi connectivity index (χ4n) is 1.50. The van der Waals surface area contributed by atoms with E-state index in [1.165, 1.54) is 12.1 Å². The molecular weight excluding hydrogens is 297 g/mol. The molecule has 1 aromatic rings. The van der Waals surface area contributed by atoms with E-state index >= 15 is 0 Å². The lowest BCUT2D eigenvalue weighted by Crippen LogP contribution is -2.31. The van der Waals surface area contributed by atoms with Gasteiger partial charge in [-0.05, 0) is 24.6 Å². The number of carboxylic acids is 1. The molecule has 1 rings (SSSR count). The Morgan fingerprint density at radius 2 is 2.11 bits per heavy atom. The molecule has 0 saturated heterocycles. The van der Waals surface area contributed by atoms with Gasteiger partial charge in [-0.2, -0.15) is 0 Å². The Kier molecular flexibility index (Phi) is 5.13. The standard InChI is InChI=1S/C11H13ClFNO4S/c1-19(17,18)14(6-2-3-11(15)16)8-4-5-10(13)9(12)7-8/h4-5,7H,2-3,6H2,1H3,(H,15,16). The second kappa shape index (κ2) is 6.21. The van der Waals surface area contributed by atoms with E-state index in [1.807, 2.05) is 0 Å². The van der Waals surface area contributed by atoms with Gasteiger partial charge in [0.2, 0.25) is 10.0 Å². The van der Waals surface area contributed by atoms with Crippen LogP contribution in [0.25, 0.3) is 0 Å². The largest absolute Gasteiger partial charge is 0.481 e. The molecule has 0 fully saturated rings. The number of nitrogens with zero attached hydrogens (tertiary/aromatic N) is 1. The minimum atomic E-state index is -3.59. The van der Waals surface area contributed by atoms with Gasteiger partial charge in [0.1, 0.15) is 5.82 Å². The molecular formula is C11H13ClFNO4S. The lowest BCUT2D eigenvalue weighted by molar-refractivity contribution is -0.137. The maximum absolute atomic E-state index is 13.0. The first-order valence-corrected chi connectivity index (χ1v) is 7.59. The molecule has 5 nitrogen and oxygen atoms in total. The summed E-state index contributed by atoms with van der Waals surface area (Å²) in [5.74, 6) is -1.66. The van der Waals surface area contributed by atoms with E-state index < -0.39 is 21.8 Å². The average molecular weight is 310 g/mol. The maximum Gasteiger partial charge on any atom is 0.303 e. The molecule has 1 aromatic carbocycles. The number of anilines is 1. The van der Waals surface area contributed by atoms with Gasteiger partial charge in [0.05, 0.1) is 17.0 Å². The van der Waals surface area contributed by atoms with Crippen molar-refractivity contribution in [1.82, 2.24) is 0 Å². The zero-order valence-corrected chi connectivity index (χ0v) is 11.7. The first-order chi connectivity index (χ1) is 8.71. The van der Waals surface area contributed by atoms with Crippen molar-refractivity contribution in [1.29, 1.82) is 0 Å². The minimum Gasteiger partial charge on any atom is -0.481 e. The van der Waals surface area contributed by atoms with E-state index in [4.69, 9.17) is 16.7 Å². The Hall–Kier alpha value is -1.34.